The minimum absolute atomic E-state index is 0.356. The number of nitrogens with one attached hydrogen (secondary N) is 1. The van der Waals surface area contributed by atoms with Crippen LogP contribution in [0.5, 0.6) is 0 Å². The molecule has 2 atom stereocenters. The van der Waals surface area contributed by atoms with Gasteiger partial charge in [-0.3, -0.25) is 4.90 Å². The number of hydrogen-bond donors (Lipinski definition) is 1. The van der Waals surface area contributed by atoms with Crippen LogP contribution in [0.4, 0.5) is 0 Å². The monoisotopic (exact) mass is 280 g/mol. The van der Waals surface area contributed by atoms with E-state index in [0.717, 1.165) is 12.5 Å². The van der Waals surface area contributed by atoms with Crippen molar-refractivity contribution in [2.45, 2.75) is 75.9 Å². The molecule has 116 valence electrons. The van der Waals surface area contributed by atoms with E-state index >= 15 is 0 Å². The van der Waals surface area contributed by atoms with Crippen molar-refractivity contribution in [3.8, 4) is 0 Å². The molecule has 0 aromatic heterocycles. The van der Waals surface area contributed by atoms with Gasteiger partial charge in [0.25, 0.3) is 0 Å². The molecule has 1 spiro atoms. The molecule has 3 heteroatoms. The van der Waals surface area contributed by atoms with Crippen LogP contribution in [0, 0.1) is 5.92 Å². The van der Waals surface area contributed by atoms with Crippen LogP contribution in [0.1, 0.15) is 58.8 Å². The number of hydrogen-bond acceptors (Lipinski definition) is 3. The van der Waals surface area contributed by atoms with E-state index in [-0.39, 0.29) is 0 Å². The number of nitrogens with zero attached hydrogens (tertiary/aromatic N) is 1. The molecule has 3 nitrogen and oxygen atoms in total. The maximum atomic E-state index is 5.32. The first kappa shape index (κ1) is 14.8. The minimum atomic E-state index is 0.356. The van der Waals surface area contributed by atoms with Crippen LogP contribution >= 0.6 is 0 Å². The van der Waals surface area contributed by atoms with Gasteiger partial charge in [0.15, 0.2) is 0 Å². The molecule has 2 unspecified atom stereocenters. The molecule has 0 aromatic carbocycles. The average Bonchev–Trinajstić information content (AvgIpc) is 3.21. The second-order valence-corrected chi connectivity index (χ2v) is 7.74. The van der Waals surface area contributed by atoms with E-state index in [1.165, 1.54) is 58.0 Å². The van der Waals surface area contributed by atoms with Crippen LogP contribution in [0.2, 0.25) is 0 Å². The topological polar surface area (TPSA) is 24.5 Å². The van der Waals surface area contributed by atoms with Crippen molar-refractivity contribution in [3.05, 3.63) is 0 Å². The molecule has 2 aliphatic carbocycles. The van der Waals surface area contributed by atoms with Crippen LogP contribution in [0.3, 0.4) is 0 Å². The maximum absolute atomic E-state index is 5.32. The summed E-state index contributed by atoms with van der Waals surface area (Å²) in [5, 5.41) is 3.96. The van der Waals surface area contributed by atoms with E-state index in [4.69, 9.17) is 4.74 Å². The Morgan fingerprint density at radius 2 is 2.00 bits per heavy atom. The first-order valence-electron chi connectivity index (χ1n) is 8.60. The zero-order chi connectivity index (χ0) is 14.2. The van der Waals surface area contributed by atoms with E-state index in [1.54, 1.807) is 0 Å². The Kier molecular flexibility index (Phi) is 4.13. The molecule has 20 heavy (non-hydrogen) atoms. The summed E-state index contributed by atoms with van der Waals surface area (Å²) in [6, 6.07) is 0.647. The molecule has 1 N–H and O–H groups in total. The van der Waals surface area contributed by atoms with E-state index in [1.807, 2.05) is 7.11 Å². The average molecular weight is 280 g/mol. The van der Waals surface area contributed by atoms with Crippen LogP contribution in [-0.2, 0) is 4.74 Å². The maximum Gasteiger partial charge on any atom is 0.0477 e. The molecule has 0 aromatic rings. The smallest absolute Gasteiger partial charge is 0.0477 e. The zero-order valence-corrected chi connectivity index (χ0v) is 13.6. The molecule has 2 saturated carbocycles. The van der Waals surface area contributed by atoms with E-state index in [2.05, 4.69) is 24.1 Å². The second kappa shape index (κ2) is 5.58. The number of ether oxygens (including phenoxy) is 1. The van der Waals surface area contributed by atoms with Crippen molar-refractivity contribution >= 4 is 0 Å². The predicted molar refractivity (Wildman–Crippen MR) is 83.0 cm³/mol. The lowest BCUT2D eigenvalue weighted by atomic mass is 9.82. The molecule has 0 radical (unpaired) electrons. The van der Waals surface area contributed by atoms with Crippen molar-refractivity contribution in [1.82, 2.24) is 10.2 Å². The molecule has 3 fully saturated rings. The fraction of sp³-hybridized carbons (Fsp3) is 1.00. The van der Waals surface area contributed by atoms with Gasteiger partial charge in [0.1, 0.15) is 0 Å². The normalized spacial score (nSPS) is 35.5. The predicted octanol–water partition coefficient (Wildman–Crippen LogP) is 2.80. The summed E-state index contributed by atoms with van der Waals surface area (Å²) >= 11 is 0. The van der Waals surface area contributed by atoms with Crippen molar-refractivity contribution in [2.75, 3.05) is 26.8 Å². The van der Waals surface area contributed by atoms with Gasteiger partial charge in [-0.05, 0) is 51.9 Å². The summed E-state index contributed by atoms with van der Waals surface area (Å²) in [6.07, 6.45) is 9.62. The van der Waals surface area contributed by atoms with Gasteiger partial charge in [0.05, 0.1) is 0 Å². The lowest BCUT2D eigenvalue weighted by Crippen LogP contribution is -2.70. The Labute approximate surface area is 124 Å². The van der Waals surface area contributed by atoms with E-state index in [0.29, 0.717) is 17.1 Å². The largest absolute Gasteiger partial charge is 0.385 e. The van der Waals surface area contributed by atoms with Gasteiger partial charge in [-0.2, -0.15) is 0 Å². The SMILES string of the molecule is COCCC(C)N1CC(C)(C2CC2)NCC12CCCC2. The molecule has 0 bridgehead atoms. The van der Waals surface area contributed by atoms with Crippen molar-refractivity contribution in [3.63, 3.8) is 0 Å². The Bertz CT molecular complexity index is 336. The first-order valence-corrected chi connectivity index (χ1v) is 8.60. The van der Waals surface area contributed by atoms with Crippen LogP contribution in [0.15, 0.2) is 0 Å². The van der Waals surface area contributed by atoms with Gasteiger partial charge in [0.2, 0.25) is 0 Å². The number of methoxy groups -OCH3 is 1. The third-order valence-corrected chi connectivity index (χ3v) is 6.21. The van der Waals surface area contributed by atoms with Crippen molar-refractivity contribution in [1.29, 1.82) is 0 Å². The van der Waals surface area contributed by atoms with Crippen molar-refractivity contribution in [2.24, 2.45) is 5.92 Å². The highest BCUT2D eigenvalue weighted by molar-refractivity contribution is 5.11. The fourth-order valence-corrected chi connectivity index (χ4v) is 4.60. The first-order chi connectivity index (χ1) is 9.60. The summed E-state index contributed by atoms with van der Waals surface area (Å²) < 4.78 is 5.32. The third-order valence-electron chi connectivity index (χ3n) is 6.21. The zero-order valence-electron chi connectivity index (χ0n) is 13.6. The highest BCUT2D eigenvalue weighted by Gasteiger charge is 2.52. The van der Waals surface area contributed by atoms with Crippen LogP contribution in [-0.4, -0.2) is 48.8 Å². The summed E-state index contributed by atoms with van der Waals surface area (Å²) in [6.45, 7) is 8.21. The molecular formula is C17H32N2O. The van der Waals surface area contributed by atoms with E-state index < -0.39 is 0 Å². The van der Waals surface area contributed by atoms with Gasteiger partial charge >= 0.3 is 0 Å². The van der Waals surface area contributed by atoms with Gasteiger partial charge < -0.3 is 10.1 Å². The summed E-state index contributed by atoms with van der Waals surface area (Å²) in [5.41, 5.74) is 0.802. The standard InChI is InChI=1S/C17H32N2O/c1-14(8-11-20-3)19-13-16(2,15-6-7-15)18-12-17(19)9-4-5-10-17/h14-15,18H,4-13H2,1-3H3. The molecule has 0 amide bonds. The number of rotatable bonds is 5. The summed E-state index contributed by atoms with van der Waals surface area (Å²) in [7, 11) is 1.82. The lowest BCUT2D eigenvalue weighted by molar-refractivity contribution is -0.0285. The summed E-state index contributed by atoms with van der Waals surface area (Å²) in [4.78, 5) is 2.87. The molecule has 1 aliphatic heterocycles. The Morgan fingerprint density at radius 3 is 2.60 bits per heavy atom. The highest BCUT2D eigenvalue weighted by Crippen LogP contribution is 2.46. The number of piperazine rings is 1. The molecule has 1 heterocycles. The third kappa shape index (κ3) is 2.65. The second-order valence-electron chi connectivity index (χ2n) is 7.74. The van der Waals surface area contributed by atoms with E-state index in [9.17, 15) is 0 Å². The van der Waals surface area contributed by atoms with Gasteiger partial charge in [0, 0.05) is 43.9 Å². The lowest BCUT2D eigenvalue weighted by Gasteiger charge is -2.55. The highest BCUT2D eigenvalue weighted by atomic mass is 16.5. The Morgan fingerprint density at radius 1 is 1.30 bits per heavy atom. The van der Waals surface area contributed by atoms with Crippen LogP contribution < -0.4 is 5.32 Å². The molecule has 1 saturated heterocycles. The van der Waals surface area contributed by atoms with Gasteiger partial charge in [-0.25, -0.2) is 0 Å². The molecule has 3 aliphatic rings. The molecule has 3 rings (SSSR count). The van der Waals surface area contributed by atoms with Crippen LogP contribution in [0.25, 0.3) is 0 Å². The summed E-state index contributed by atoms with van der Waals surface area (Å²) in [5.74, 6) is 0.915. The van der Waals surface area contributed by atoms with Gasteiger partial charge in [-0.15, -0.1) is 0 Å². The Balaban J connectivity index is 1.75. The fourth-order valence-electron chi connectivity index (χ4n) is 4.60. The Hall–Kier alpha value is -0.120. The molecular weight excluding hydrogens is 248 g/mol. The van der Waals surface area contributed by atoms with Gasteiger partial charge in [-0.1, -0.05) is 12.8 Å². The quantitative estimate of drug-likeness (QED) is 0.838. The van der Waals surface area contributed by atoms with Crippen molar-refractivity contribution < 1.29 is 4.74 Å². The minimum Gasteiger partial charge on any atom is -0.385 e.